The molecule has 0 aliphatic carbocycles. The lowest BCUT2D eigenvalue weighted by Crippen LogP contribution is -2.22. The first-order valence-electron chi connectivity index (χ1n) is 4.53. The van der Waals surface area contributed by atoms with Crippen molar-refractivity contribution < 1.29 is 22.6 Å². The Morgan fingerprint density at radius 1 is 1.31 bits per heavy atom. The van der Waals surface area contributed by atoms with Crippen LogP contribution < -0.4 is 10.5 Å². The fourth-order valence-corrected chi connectivity index (χ4v) is 1.27. The molecule has 0 saturated carbocycles. The summed E-state index contributed by atoms with van der Waals surface area (Å²) in [7, 11) is 1.42. The lowest BCUT2D eigenvalue weighted by molar-refractivity contribution is -0.275. The molecule has 0 aliphatic rings. The first kappa shape index (κ1) is 12.8. The maximum absolute atomic E-state index is 12.1. The zero-order valence-electron chi connectivity index (χ0n) is 8.62. The van der Waals surface area contributed by atoms with E-state index in [-0.39, 0.29) is 17.9 Å². The molecule has 0 spiro atoms. The number of alkyl halides is 3. The molecule has 0 aromatic heterocycles. The molecule has 16 heavy (non-hydrogen) atoms. The summed E-state index contributed by atoms with van der Waals surface area (Å²) in [5, 5.41) is 0. The summed E-state index contributed by atoms with van der Waals surface area (Å²) < 4.78 is 44.9. The molecule has 1 rings (SSSR count). The van der Waals surface area contributed by atoms with Gasteiger partial charge in [-0.2, -0.15) is 0 Å². The van der Waals surface area contributed by atoms with Gasteiger partial charge in [0.25, 0.3) is 0 Å². The van der Waals surface area contributed by atoms with E-state index in [1.165, 1.54) is 25.3 Å². The van der Waals surface area contributed by atoms with Crippen LogP contribution >= 0.6 is 0 Å². The van der Waals surface area contributed by atoms with Gasteiger partial charge >= 0.3 is 6.36 Å². The predicted molar refractivity (Wildman–Crippen MR) is 51.9 cm³/mol. The van der Waals surface area contributed by atoms with Crippen molar-refractivity contribution in [2.45, 2.75) is 12.4 Å². The molecule has 1 atom stereocenters. The third-order valence-electron chi connectivity index (χ3n) is 1.89. The Bertz CT molecular complexity index is 341. The number of hydrogen-bond acceptors (Lipinski definition) is 3. The van der Waals surface area contributed by atoms with Crippen LogP contribution in [-0.4, -0.2) is 20.1 Å². The fourth-order valence-electron chi connectivity index (χ4n) is 1.27. The van der Waals surface area contributed by atoms with Gasteiger partial charge in [-0.25, -0.2) is 0 Å². The summed E-state index contributed by atoms with van der Waals surface area (Å²) in [4.78, 5) is 0. The number of benzene rings is 1. The minimum absolute atomic E-state index is 0.123. The van der Waals surface area contributed by atoms with Gasteiger partial charge in [0.05, 0.1) is 12.6 Å². The Balaban J connectivity index is 2.91. The van der Waals surface area contributed by atoms with Crippen molar-refractivity contribution in [3.05, 3.63) is 29.8 Å². The van der Waals surface area contributed by atoms with E-state index in [1.807, 2.05) is 0 Å². The van der Waals surface area contributed by atoms with Gasteiger partial charge in [0.1, 0.15) is 5.75 Å². The quantitative estimate of drug-likeness (QED) is 0.870. The van der Waals surface area contributed by atoms with E-state index >= 15 is 0 Å². The number of rotatable bonds is 4. The van der Waals surface area contributed by atoms with Gasteiger partial charge < -0.3 is 15.2 Å². The molecule has 0 amide bonds. The van der Waals surface area contributed by atoms with Gasteiger partial charge in [-0.1, -0.05) is 18.2 Å². The van der Waals surface area contributed by atoms with Gasteiger partial charge in [0, 0.05) is 12.7 Å². The predicted octanol–water partition coefficient (Wildman–Crippen LogP) is 2.23. The highest BCUT2D eigenvalue weighted by atomic mass is 19.4. The van der Waals surface area contributed by atoms with Crippen molar-refractivity contribution in [1.82, 2.24) is 0 Å². The molecule has 0 radical (unpaired) electrons. The van der Waals surface area contributed by atoms with Crippen LogP contribution in [0.15, 0.2) is 24.3 Å². The van der Waals surface area contributed by atoms with Crippen LogP contribution in [0.4, 0.5) is 13.2 Å². The van der Waals surface area contributed by atoms with Crippen LogP contribution in [0.1, 0.15) is 11.6 Å². The molecule has 0 unspecified atom stereocenters. The SMILES string of the molecule is COC[C@H](N)c1ccccc1OC(F)(F)F. The van der Waals surface area contributed by atoms with Crippen molar-refractivity contribution in [3.63, 3.8) is 0 Å². The molecular formula is C10H12F3NO2. The highest BCUT2D eigenvalue weighted by molar-refractivity contribution is 5.35. The molecule has 3 nitrogen and oxygen atoms in total. The van der Waals surface area contributed by atoms with Crippen LogP contribution in [0.5, 0.6) is 5.75 Å². The minimum atomic E-state index is -4.72. The molecule has 0 aliphatic heterocycles. The summed E-state index contributed by atoms with van der Waals surface area (Å²) >= 11 is 0. The Morgan fingerprint density at radius 3 is 2.50 bits per heavy atom. The van der Waals surface area contributed by atoms with E-state index in [2.05, 4.69) is 4.74 Å². The number of para-hydroxylation sites is 1. The van der Waals surface area contributed by atoms with Crippen molar-refractivity contribution in [2.24, 2.45) is 5.73 Å². The molecule has 0 fully saturated rings. The first-order valence-corrected chi connectivity index (χ1v) is 4.53. The van der Waals surface area contributed by atoms with Crippen LogP contribution in [0.3, 0.4) is 0 Å². The number of nitrogens with two attached hydrogens (primary N) is 1. The third kappa shape index (κ3) is 3.71. The zero-order chi connectivity index (χ0) is 12.2. The van der Waals surface area contributed by atoms with E-state index < -0.39 is 12.4 Å². The smallest absolute Gasteiger partial charge is 0.405 e. The minimum Gasteiger partial charge on any atom is -0.405 e. The molecule has 0 bridgehead atoms. The van der Waals surface area contributed by atoms with E-state index in [1.54, 1.807) is 6.07 Å². The summed E-state index contributed by atoms with van der Waals surface area (Å²) in [6.07, 6.45) is -4.72. The largest absolute Gasteiger partial charge is 0.573 e. The lowest BCUT2D eigenvalue weighted by atomic mass is 10.1. The van der Waals surface area contributed by atoms with Crippen LogP contribution in [-0.2, 0) is 4.74 Å². The van der Waals surface area contributed by atoms with Gasteiger partial charge in [-0.05, 0) is 6.07 Å². The summed E-state index contributed by atoms with van der Waals surface area (Å²) in [6.45, 7) is 0.123. The molecule has 1 aromatic carbocycles. The Kier molecular flexibility index (Phi) is 4.14. The Morgan fingerprint density at radius 2 is 1.94 bits per heavy atom. The molecular weight excluding hydrogens is 223 g/mol. The van der Waals surface area contributed by atoms with Crippen molar-refractivity contribution >= 4 is 0 Å². The van der Waals surface area contributed by atoms with E-state index in [9.17, 15) is 13.2 Å². The molecule has 1 aromatic rings. The highest BCUT2D eigenvalue weighted by Gasteiger charge is 2.32. The first-order chi connectivity index (χ1) is 7.44. The van der Waals surface area contributed by atoms with Gasteiger partial charge in [-0.15, -0.1) is 13.2 Å². The van der Waals surface area contributed by atoms with Crippen LogP contribution in [0.2, 0.25) is 0 Å². The summed E-state index contributed by atoms with van der Waals surface area (Å²) in [6, 6.07) is 5.09. The van der Waals surface area contributed by atoms with Crippen molar-refractivity contribution in [1.29, 1.82) is 0 Å². The van der Waals surface area contributed by atoms with E-state index in [0.717, 1.165) is 0 Å². The second-order valence-electron chi connectivity index (χ2n) is 3.15. The second-order valence-corrected chi connectivity index (χ2v) is 3.15. The van der Waals surface area contributed by atoms with Gasteiger partial charge in [0.15, 0.2) is 0 Å². The number of halogens is 3. The molecule has 6 heteroatoms. The van der Waals surface area contributed by atoms with Crippen molar-refractivity contribution in [2.75, 3.05) is 13.7 Å². The van der Waals surface area contributed by atoms with E-state index in [4.69, 9.17) is 10.5 Å². The monoisotopic (exact) mass is 235 g/mol. The Hall–Kier alpha value is -1.27. The number of methoxy groups -OCH3 is 1. The molecule has 2 N–H and O–H groups in total. The molecule has 0 saturated heterocycles. The normalized spacial score (nSPS) is 13.6. The topological polar surface area (TPSA) is 44.5 Å². The van der Waals surface area contributed by atoms with Crippen LogP contribution in [0.25, 0.3) is 0 Å². The van der Waals surface area contributed by atoms with Crippen LogP contribution in [0, 0.1) is 0 Å². The zero-order valence-corrected chi connectivity index (χ0v) is 8.62. The van der Waals surface area contributed by atoms with Crippen molar-refractivity contribution in [3.8, 4) is 5.75 Å². The lowest BCUT2D eigenvalue weighted by Gasteiger charge is -2.17. The number of ether oxygens (including phenoxy) is 2. The van der Waals surface area contributed by atoms with Gasteiger partial charge in [0.2, 0.25) is 0 Å². The maximum Gasteiger partial charge on any atom is 0.573 e. The van der Waals surface area contributed by atoms with Gasteiger partial charge in [-0.3, -0.25) is 0 Å². The second kappa shape index (κ2) is 5.18. The Labute approximate surface area is 91.0 Å². The molecule has 0 heterocycles. The molecule has 90 valence electrons. The average molecular weight is 235 g/mol. The highest BCUT2D eigenvalue weighted by Crippen LogP contribution is 2.29. The standard InChI is InChI=1S/C10H12F3NO2/c1-15-6-8(14)7-4-2-3-5-9(7)16-10(11,12)13/h2-5,8H,6,14H2,1H3/t8-/m0/s1. The van der Waals surface area contributed by atoms with E-state index in [0.29, 0.717) is 0 Å². The number of hydrogen-bond donors (Lipinski definition) is 1. The average Bonchev–Trinajstić information content (AvgIpc) is 2.16. The fraction of sp³-hybridized carbons (Fsp3) is 0.400. The maximum atomic E-state index is 12.1. The third-order valence-corrected chi connectivity index (χ3v) is 1.89. The summed E-state index contributed by atoms with van der Waals surface area (Å²) in [5.41, 5.74) is 5.92. The summed E-state index contributed by atoms with van der Waals surface area (Å²) in [5.74, 6) is -0.292.